The number of benzene rings is 2. The number of nitrogens with two attached hydrogens (primary N) is 1. The number of halogens is 1. The van der Waals surface area contributed by atoms with Crippen molar-refractivity contribution in [1.29, 1.82) is 0 Å². The number of anilines is 1. The predicted octanol–water partition coefficient (Wildman–Crippen LogP) is 4.40. The van der Waals surface area contributed by atoms with Crippen molar-refractivity contribution in [2.45, 2.75) is 6.54 Å². The molecule has 0 amide bonds. The Hall–Kier alpha value is -3.05. The van der Waals surface area contributed by atoms with Crippen LogP contribution in [0.4, 0.5) is 5.69 Å². The van der Waals surface area contributed by atoms with Gasteiger partial charge in [0, 0.05) is 17.3 Å². The summed E-state index contributed by atoms with van der Waals surface area (Å²) >= 11 is 6.03. The first-order valence-corrected chi connectivity index (χ1v) is 8.08. The van der Waals surface area contributed by atoms with Crippen LogP contribution in [-0.2, 0) is 6.54 Å². The molecule has 0 atom stereocenters. The minimum Gasteiger partial charge on any atom is -0.506 e. The largest absolute Gasteiger partial charge is 0.506 e. The van der Waals surface area contributed by atoms with Gasteiger partial charge in [0.25, 0.3) is 0 Å². The zero-order valence-corrected chi connectivity index (χ0v) is 14.0. The molecular weight excluding hydrogens is 336 g/mol. The minimum atomic E-state index is -0.101. The lowest BCUT2D eigenvalue weighted by molar-refractivity contribution is 0.508. The van der Waals surface area contributed by atoms with E-state index in [1.165, 1.54) is 0 Å². The van der Waals surface area contributed by atoms with Crippen molar-refractivity contribution in [2.24, 2.45) is 0 Å². The summed E-state index contributed by atoms with van der Waals surface area (Å²) in [6.45, 7) is 4.11. The van der Waals surface area contributed by atoms with Crippen molar-refractivity contribution < 1.29 is 5.11 Å². The number of hydrogen-bond acceptors (Lipinski definition) is 4. The Kier molecular flexibility index (Phi) is 3.58. The second kappa shape index (κ2) is 5.79. The molecule has 2 aromatic heterocycles. The van der Waals surface area contributed by atoms with E-state index >= 15 is 0 Å². The molecular formula is C19H15ClN4O. The van der Waals surface area contributed by atoms with Crippen LogP contribution in [0.1, 0.15) is 11.3 Å². The third-order valence-electron chi connectivity index (χ3n) is 4.13. The van der Waals surface area contributed by atoms with Crippen LogP contribution in [0, 0.1) is 0 Å². The minimum absolute atomic E-state index is 0.101. The molecule has 0 aliphatic rings. The molecule has 0 spiro atoms. The number of aliphatic hydroxyl groups is 1. The molecule has 0 fully saturated rings. The Morgan fingerprint density at radius 2 is 2.08 bits per heavy atom. The average molecular weight is 351 g/mol. The number of nitrogens with zero attached hydrogens (tertiary/aromatic N) is 3. The van der Waals surface area contributed by atoms with Crippen molar-refractivity contribution in [2.75, 3.05) is 5.73 Å². The van der Waals surface area contributed by atoms with Gasteiger partial charge in [-0.05, 0) is 35.9 Å². The summed E-state index contributed by atoms with van der Waals surface area (Å²) in [6.07, 6.45) is 1.63. The molecule has 0 saturated carbocycles. The highest BCUT2D eigenvalue weighted by Crippen LogP contribution is 2.28. The second-order valence-corrected chi connectivity index (χ2v) is 6.31. The van der Waals surface area contributed by atoms with Crippen LogP contribution >= 0.6 is 11.6 Å². The van der Waals surface area contributed by atoms with Gasteiger partial charge in [0.05, 0.1) is 28.0 Å². The summed E-state index contributed by atoms with van der Waals surface area (Å²) in [5.41, 5.74) is 9.79. The summed E-state index contributed by atoms with van der Waals surface area (Å²) in [4.78, 5) is 4.30. The van der Waals surface area contributed by atoms with Gasteiger partial charge in [0.1, 0.15) is 11.5 Å². The normalized spacial score (nSPS) is 11.2. The van der Waals surface area contributed by atoms with Crippen molar-refractivity contribution >= 4 is 44.9 Å². The van der Waals surface area contributed by atoms with Crippen molar-refractivity contribution in [1.82, 2.24) is 14.8 Å². The van der Waals surface area contributed by atoms with E-state index in [4.69, 9.17) is 17.3 Å². The Balaban J connectivity index is 1.83. The summed E-state index contributed by atoms with van der Waals surface area (Å²) in [5, 5.41) is 16.6. The van der Waals surface area contributed by atoms with Crippen LogP contribution in [0.5, 0.6) is 0 Å². The summed E-state index contributed by atoms with van der Waals surface area (Å²) in [7, 11) is 0. The molecule has 0 unspecified atom stereocenters. The molecule has 25 heavy (non-hydrogen) atoms. The fourth-order valence-electron chi connectivity index (χ4n) is 3.00. The second-order valence-electron chi connectivity index (χ2n) is 5.87. The molecule has 2 aromatic carbocycles. The van der Waals surface area contributed by atoms with Crippen molar-refractivity contribution in [3.8, 4) is 0 Å². The van der Waals surface area contributed by atoms with E-state index in [-0.39, 0.29) is 5.76 Å². The number of rotatable bonds is 3. The van der Waals surface area contributed by atoms with Gasteiger partial charge >= 0.3 is 0 Å². The molecule has 6 heteroatoms. The summed E-state index contributed by atoms with van der Waals surface area (Å²) in [5.74, 6) is -0.101. The van der Waals surface area contributed by atoms with E-state index in [0.717, 1.165) is 22.0 Å². The first-order chi connectivity index (χ1) is 12.0. The molecule has 4 aromatic rings. The summed E-state index contributed by atoms with van der Waals surface area (Å²) in [6, 6.07) is 13.4. The zero-order valence-electron chi connectivity index (χ0n) is 13.3. The fourth-order valence-corrected chi connectivity index (χ4v) is 3.17. The van der Waals surface area contributed by atoms with E-state index in [1.54, 1.807) is 12.3 Å². The van der Waals surface area contributed by atoms with Crippen molar-refractivity contribution in [3.63, 3.8) is 0 Å². The van der Waals surface area contributed by atoms with Crippen molar-refractivity contribution in [3.05, 3.63) is 71.5 Å². The Morgan fingerprint density at radius 1 is 1.24 bits per heavy atom. The van der Waals surface area contributed by atoms with Crippen LogP contribution in [0.2, 0.25) is 5.02 Å². The number of aromatic nitrogens is 3. The lowest BCUT2D eigenvalue weighted by Crippen LogP contribution is -2.02. The van der Waals surface area contributed by atoms with Crippen LogP contribution in [-0.4, -0.2) is 19.9 Å². The number of hydrogen-bond donors (Lipinski definition) is 2. The third kappa shape index (κ3) is 2.68. The SMILES string of the molecule is C=C(O)c1nn(Cc2ccc3ncc(Cl)cc3c2)c2cccc(N)c12. The number of pyridine rings is 1. The molecule has 124 valence electrons. The number of nitrogen functional groups attached to an aromatic ring is 1. The fraction of sp³-hybridized carbons (Fsp3) is 0.0526. The van der Waals surface area contributed by atoms with Gasteiger partial charge in [-0.1, -0.05) is 30.3 Å². The molecule has 0 aliphatic heterocycles. The van der Waals surface area contributed by atoms with Crippen LogP contribution < -0.4 is 5.73 Å². The Bertz CT molecular complexity index is 1130. The molecule has 3 N–H and O–H groups in total. The van der Waals surface area contributed by atoms with Crippen LogP contribution in [0.25, 0.3) is 27.6 Å². The highest BCUT2D eigenvalue weighted by molar-refractivity contribution is 6.31. The molecule has 0 aliphatic carbocycles. The molecule has 0 bridgehead atoms. The standard InChI is InChI=1S/C19H15ClN4O/c1-11(25)19-18-15(21)3-2-4-17(18)24(23-19)10-12-5-6-16-13(7-12)8-14(20)9-22-16/h2-9,25H,1,10,21H2. The van der Waals surface area contributed by atoms with Crippen LogP contribution in [0.15, 0.2) is 55.2 Å². The van der Waals surface area contributed by atoms with Gasteiger partial charge in [-0.25, -0.2) is 0 Å². The van der Waals surface area contributed by atoms with Gasteiger partial charge in [-0.2, -0.15) is 5.10 Å². The van der Waals surface area contributed by atoms with E-state index in [2.05, 4.69) is 16.7 Å². The van der Waals surface area contributed by atoms with Gasteiger partial charge in [0.2, 0.25) is 0 Å². The molecule has 4 rings (SSSR count). The monoisotopic (exact) mass is 350 g/mol. The Morgan fingerprint density at radius 3 is 2.88 bits per heavy atom. The highest BCUT2D eigenvalue weighted by atomic mass is 35.5. The lowest BCUT2D eigenvalue weighted by atomic mass is 10.1. The maximum Gasteiger partial charge on any atom is 0.136 e. The third-order valence-corrected chi connectivity index (χ3v) is 4.33. The van der Waals surface area contributed by atoms with Crippen LogP contribution in [0.3, 0.4) is 0 Å². The maximum absolute atomic E-state index is 9.85. The smallest absolute Gasteiger partial charge is 0.136 e. The van der Waals surface area contributed by atoms with Gasteiger partial charge < -0.3 is 10.8 Å². The average Bonchev–Trinajstić information content (AvgIpc) is 2.95. The molecule has 2 heterocycles. The quantitative estimate of drug-likeness (QED) is 0.424. The Labute approximate surface area is 149 Å². The number of fused-ring (bicyclic) bond motifs is 2. The first-order valence-electron chi connectivity index (χ1n) is 7.70. The van der Waals surface area contributed by atoms with E-state index < -0.39 is 0 Å². The van der Waals surface area contributed by atoms with E-state index in [0.29, 0.717) is 28.3 Å². The van der Waals surface area contributed by atoms with Gasteiger partial charge in [-0.3, -0.25) is 9.67 Å². The van der Waals surface area contributed by atoms with E-state index in [1.807, 2.05) is 41.1 Å². The highest BCUT2D eigenvalue weighted by Gasteiger charge is 2.15. The lowest BCUT2D eigenvalue weighted by Gasteiger charge is -2.06. The molecule has 0 saturated heterocycles. The zero-order chi connectivity index (χ0) is 17.6. The topological polar surface area (TPSA) is 77.0 Å². The first kappa shape index (κ1) is 15.5. The van der Waals surface area contributed by atoms with Gasteiger partial charge in [-0.15, -0.1) is 0 Å². The molecule has 0 radical (unpaired) electrons. The van der Waals surface area contributed by atoms with E-state index in [9.17, 15) is 5.11 Å². The predicted molar refractivity (Wildman–Crippen MR) is 102 cm³/mol. The molecule has 5 nitrogen and oxygen atoms in total. The summed E-state index contributed by atoms with van der Waals surface area (Å²) < 4.78 is 1.81. The maximum atomic E-state index is 9.85. The van der Waals surface area contributed by atoms with Gasteiger partial charge in [0.15, 0.2) is 0 Å². The number of aliphatic hydroxyl groups excluding tert-OH is 1.